The lowest BCUT2D eigenvalue weighted by Gasteiger charge is -2.02. The molecule has 2 heterocycles. The lowest BCUT2D eigenvalue weighted by Crippen LogP contribution is -2.03. The van der Waals surface area contributed by atoms with Gasteiger partial charge in [-0.15, -0.1) is 0 Å². The zero-order chi connectivity index (χ0) is 17.2. The fourth-order valence-corrected chi connectivity index (χ4v) is 2.58. The van der Waals surface area contributed by atoms with Gasteiger partial charge in [0, 0.05) is 17.9 Å². The van der Waals surface area contributed by atoms with E-state index >= 15 is 0 Å². The third-order valence-corrected chi connectivity index (χ3v) is 3.85. The minimum atomic E-state index is -0.532. The van der Waals surface area contributed by atoms with Crippen molar-refractivity contribution in [2.75, 3.05) is 7.11 Å². The van der Waals surface area contributed by atoms with Crippen LogP contribution in [0.15, 0.2) is 68.3 Å². The van der Waals surface area contributed by atoms with Crippen LogP contribution >= 0.6 is 0 Å². The molecule has 2 aromatic heterocycles. The number of hydrogen-bond donors (Lipinski definition) is 0. The molecule has 4 rings (SSSR count). The number of nitrogens with zero attached hydrogens (tertiary/aromatic N) is 2. The third kappa shape index (κ3) is 3.01. The van der Waals surface area contributed by atoms with E-state index in [2.05, 4.69) is 10.1 Å². The van der Waals surface area contributed by atoms with Crippen molar-refractivity contribution < 1.29 is 13.7 Å². The standard InChI is InChI=1S/C19H14N2O4/c1-23-14-8-7-13-10-15(19(22)24-16(13)11-14)18-20-17(21-25-18)9-12-5-3-2-4-6-12/h2-8,10-11H,9H2,1H3. The van der Waals surface area contributed by atoms with Crippen molar-refractivity contribution in [1.82, 2.24) is 10.1 Å². The van der Waals surface area contributed by atoms with E-state index in [1.54, 1.807) is 25.3 Å². The number of ether oxygens (including phenoxy) is 1. The summed E-state index contributed by atoms with van der Waals surface area (Å²) in [5, 5.41) is 4.70. The van der Waals surface area contributed by atoms with Crippen molar-refractivity contribution in [3.05, 3.63) is 76.4 Å². The molecule has 0 bridgehead atoms. The highest BCUT2D eigenvalue weighted by molar-refractivity contribution is 5.81. The van der Waals surface area contributed by atoms with Gasteiger partial charge in [0.1, 0.15) is 16.9 Å². The monoisotopic (exact) mass is 334 g/mol. The van der Waals surface area contributed by atoms with Gasteiger partial charge in [0.05, 0.1) is 7.11 Å². The van der Waals surface area contributed by atoms with E-state index in [4.69, 9.17) is 13.7 Å². The predicted molar refractivity (Wildman–Crippen MR) is 91.6 cm³/mol. The van der Waals surface area contributed by atoms with Crippen LogP contribution in [0.1, 0.15) is 11.4 Å². The maximum absolute atomic E-state index is 12.3. The summed E-state index contributed by atoms with van der Waals surface area (Å²) in [7, 11) is 1.56. The molecule has 0 N–H and O–H groups in total. The molecule has 0 aliphatic rings. The highest BCUT2D eigenvalue weighted by Gasteiger charge is 2.15. The summed E-state index contributed by atoms with van der Waals surface area (Å²) in [6.07, 6.45) is 0.528. The molecule has 0 saturated carbocycles. The number of fused-ring (bicyclic) bond motifs is 1. The molecule has 0 unspecified atom stereocenters. The Balaban J connectivity index is 1.70. The van der Waals surface area contributed by atoms with E-state index in [-0.39, 0.29) is 11.5 Å². The molecule has 4 aromatic rings. The van der Waals surface area contributed by atoms with Gasteiger partial charge in [-0.2, -0.15) is 4.98 Å². The van der Waals surface area contributed by atoms with Crippen LogP contribution in [0.4, 0.5) is 0 Å². The number of aromatic nitrogens is 2. The molecule has 0 radical (unpaired) electrons. The number of hydrogen-bond acceptors (Lipinski definition) is 6. The molecule has 0 fully saturated rings. The highest BCUT2D eigenvalue weighted by atomic mass is 16.5. The number of methoxy groups -OCH3 is 1. The van der Waals surface area contributed by atoms with Gasteiger partial charge in [0.15, 0.2) is 5.82 Å². The molecule has 0 amide bonds. The molecule has 0 aliphatic carbocycles. The van der Waals surface area contributed by atoms with Crippen molar-refractivity contribution >= 4 is 11.0 Å². The number of rotatable bonds is 4. The van der Waals surface area contributed by atoms with E-state index in [9.17, 15) is 4.79 Å². The summed E-state index contributed by atoms with van der Waals surface area (Å²) in [5.41, 5.74) is 1.21. The fraction of sp³-hybridized carbons (Fsp3) is 0.105. The molecule has 124 valence electrons. The van der Waals surface area contributed by atoms with E-state index in [0.717, 1.165) is 10.9 Å². The van der Waals surface area contributed by atoms with Crippen molar-refractivity contribution in [2.24, 2.45) is 0 Å². The molecule has 6 nitrogen and oxygen atoms in total. The predicted octanol–water partition coefficient (Wildman–Crippen LogP) is 3.44. The molecular formula is C19H14N2O4. The fourth-order valence-electron chi connectivity index (χ4n) is 2.58. The maximum Gasteiger partial charge on any atom is 0.349 e. The van der Waals surface area contributed by atoms with Gasteiger partial charge < -0.3 is 13.7 Å². The van der Waals surface area contributed by atoms with Crippen molar-refractivity contribution in [1.29, 1.82) is 0 Å². The summed E-state index contributed by atoms with van der Waals surface area (Å²) in [4.78, 5) is 16.6. The Labute approximate surface area is 142 Å². The Morgan fingerprint density at radius 1 is 1.08 bits per heavy atom. The first-order valence-electron chi connectivity index (χ1n) is 7.72. The van der Waals surface area contributed by atoms with Crippen LogP contribution in [0.5, 0.6) is 5.75 Å². The Bertz CT molecular complexity index is 1080. The summed E-state index contributed by atoms with van der Waals surface area (Å²) >= 11 is 0. The molecular weight excluding hydrogens is 320 g/mol. The molecule has 6 heteroatoms. The van der Waals surface area contributed by atoms with Crippen LogP contribution in [0.2, 0.25) is 0 Å². The first-order chi connectivity index (χ1) is 12.2. The Morgan fingerprint density at radius 3 is 2.72 bits per heavy atom. The van der Waals surface area contributed by atoms with Crippen LogP contribution in [0, 0.1) is 0 Å². The van der Waals surface area contributed by atoms with Gasteiger partial charge in [-0.25, -0.2) is 4.79 Å². The van der Waals surface area contributed by atoms with E-state index in [0.29, 0.717) is 23.6 Å². The summed E-state index contributed by atoms with van der Waals surface area (Å²) in [6.45, 7) is 0. The first kappa shape index (κ1) is 15.1. The second-order valence-electron chi connectivity index (χ2n) is 5.53. The van der Waals surface area contributed by atoms with Gasteiger partial charge in [0.2, 0.25) is 0 Å². The van der Waals surface area contributed by atoms with E-state index in [1.807, 2.05) is 36.4 Å². The second kappa shape index (κ2) is 6.24. The van der Waals surface area contributed by atoms with Gasteiger partial charge in [-0.05, 0) is 23.8 Å². The SMILES string of the molecule is COc1ccc2cc(-c3nc(Cc4ccccc4)no3)c(=O)oc2c1. The van der Waals surface area contributed by atoms with E-state index < -0.39 is 5.63 Å². The molecule has 2 aromatic carbocycles. The molecule has 0 saturated heterocycles. The topological polar surface area (TPSA) is 78.4 Å². The van der Waals surface area contributed by atoms with Gasteiger partial charge >= 0.3 is 5.63 Å². The zero-order valence-corrected chi connectivity index (χ0v) is 13.4. The maximum atomic E-state index is 12.3. The van der Waals surface area contributed by atoms with Crippen molar-refractivity contribution in [3.8, 4) is 17.2 Å². The second-order valence-corrected chi connectivity index (χ2v) is 5.53. The summed E-state index contributed by atoms with van der Waals surface area (Å²) in [5.74, 6) is 1.28. The van der Waals surface area contributed by atoms with Crippen LogP contribution in [0.3, 0.4) is 0 Å². The Morgan fingerprint density at radius 2 is 1.92 bits per heavy atom. The Hall–Kier alpha value is -3.41. The van der Waals surface area contributed by atoms with Crippen LogP contribution in [-0.2, 0) is 6.42 Å². The van der Waals surface area contributed by atoms with Crippen LogP contribution < -0.4 is 10.4 Å². The van der Waals surface area contributed by atoms with Crippen LogP contribution in [-0.4, -0.2) is 17.3 Å². The largest absolute Gasteiger partial charge is 0.497 e. The van der Waals surface area contributed by atoms with Gasteiger partial charge in [-0.1, -0.05) is 35.5 Å². The first-order valence-corrected chi connectivity index (χ1v) is 7.72. The Kier molecular flexibility index (Phi) is 3.78. The lowest BCUT2D eigenvalue weighted by molar-refractivity contribution is 0.413. The minimum absolute atomic E-state index is 0.150. The smallest absolute Gasteiger partial charge is 0.349 e. The average molecular weight is 334 g/mol. The number of benzene rings is 2. The molecule has 0 spiro atoms. The highest BCUT2D eigenvalue weighted by Crippen LogP contribution is 2.23. The van der Waals surface area contributed by atoms with Crippen molar-refractivity contribution in [3.63, 3.8) is 0 Å². The average Bonchev–Trinajstić information content (AvgIpc) is 3.09. The minimum Gasteiger partial charge on any atom is -0.497 e. The van der Waals surface area contributed by atoms with Gasteiger partial charge in [0.25, 0.3) is 5.89 Å². The molecule has 25 heavy (non-hydrogen) atoms. The summed E-state index contributed by atoms with van der Waals surface area (Å²) < 4.78 is 15.7. The van der Waals surface area contributed by atoms with Crippen molar-refractivity contribution in [2.45, 2.75) is 6.42 Å². The molecule has 0 aliphatic heterocycles. The van der Waals surface area contributed by atoms with Crippen LogP contribution in [0.25, 0.3) is 22.4 Å². The molecule has 0 atom stereocenters. The normalized spacial score (nSPS) is 10.9. The van der Waals surface area contributed by atoms with E-state index in [1.165, 1.54) is 0 Å². The lowest BCUT2D eigenvalue weighted by atomic mass is 10.1. The third-order valence-electron chi connectivity index (χ3n) is 3.85. The quantitative estimate of drug-likeness (QED) is 0.532. The summed E-state index contributed by atoms with van der Waals surface area (Å²) in [6, 6.07) is 16.7. The van der Waals surface area contributed by atoms with Gasteiger partial charge in [-0.3, -0.25) is 0 Å². The zero-order valence-electron chi connectivity index (χ0n) is 13.4.